The Labute approximate surface area is 188 Å². The highest BCUT2D eigenvalue weighted by Crippen LogP contribution is 2.36. The van der Waals surface area contributed by atoms with Crippen LogP contribution in [0.3, 0.4) is 0 Å². The van der Waals surface area contributed by atoms with Gasteiger partial charge in [0.1, 0.15) is 12.3 Å². The van der Waals surface area contributed by atoms with E-state index in [4.69, 9.17) is 5.73 Å². The lowest BCUT2D eigenvalue weighted by Gasteiger charge is -2.39. The van der Waals surface area contributed by atoms with Crippen LogP contribution in [0.25, 0.3) is 10.8 Å². The zero-order valence-corrected chi connectivity index (χ0v) is 19.4. The number of hydrogen-bond donors (Lipinski definition) is 1. The highest BCUT2D eigenvalue weighted by atomic mass is 32.1. The molecule has 0 saturated carbocycles. The second-order valence-electron chi connectivity index (χ2n) is 9.57. The number of primary amides is 1. The SMILES string of the molecule is CC(C)C[N+]1(C)CCc2c(sc(CC(=O)Cc3ccc4ccccc4c3)c2C(N)=O)C1. The highest BCUT2D eigenvalue weighted by Gasteiger charge is 2.34. The molecule has 2 heterocycles. The Morgan fingerprint density at radius 2 is 1.84 bits per heavy atom. The maximum atomic E-state index is 12.9. The van der Waals surface area contributed by atoms with Crippen molar-refractivity contribution in [2.75, 3.05) is 20.1 Å². The molecule has 0 fully saturated rings. The molecule has 31 heavy (non-hydrogen) atoms. The van der Waals surface area contributed by atoms with Crippen molar-refractivity contribution < 1.29 is 14.1 Å². The van der Waals surface area contributed by atoms with Crippen molar-refractivity contribution in [2.45, 2.75) is 39.7 Å². The van der Waals surface area contributed by atoms with Crippen LogP contribution in [0.15, 0.2) is 42.5 Å². The molecule has 0 aliphatic carbocycles. The summed E-state index contributed by atoms with van der Waals surface area (Å²) in [6.07, 6.45) is 1.50. The topological polar surface area (TPSA) is 60.2 Å². The van der Waals surface area contributed by atoms with Crippen LogP contribution in [0.2, 0.25) is 0 Å². The molecule has 4 rings (SSSR count). The summed E-state index contributed by atoms with van der Waals surface area (Å²) < 4.78 is 0.980. The molecule has 1 aliphatic rings. The summed E-state index contributed by atoms with van der Waals surface area (Å²) >= 11 is 1.62. The maximum absolute atomic E-state index is 12.9. The maximum Gasteiger partial charge on any atom is 0.250 e. The van der Waals surface area contributed by atoms with E-state index >= 15 is 0 Å². The number of fused-ring (bicyclic) bond motifs is 2. The number of Topliss-reactive ketones (excluding diaryl/α,β-unsaturated/α-hetero) is 1. The molecule has 1 aliphatic heterocycles. The third kappa shape index (κ3) is 4.73. The van der Waals surface area contributed by atoms with E-state index in [9.17, 15) is 9.59 Å². The van der Waals surface area contributed by atoms with Gasteiger partial charge in [0, 0.05) is 30.1 Å². The second kappa shape index (κ2) is 8.56. The molecule has 5 heteroatoms. The van der Waals surface area contributed by atoms with Crippen molar-refractivity contribution >= 4 is 33.8 Å². The average molecular weight is 436 g/mol. The normalized spacial score (nSPS) is 18.3. The molecule has 1 atom stereocenters. The molecular weight excluding hydrogens is 404 g/mol. The monoisotopic (exact) mass is 435 g/mol. The number of amides is 1. The summed E-state index contributed by atoms with van der Waals surface area (Å²) in [6.45, 7) is 7.53. The van der Waals surface area contributed by atoms with E-state index in [-0.39, 0.29) is 12.2 Å². The summed E-state index contributed by atoms with van der Waals surface area (Å²) in [5.74, 6) is 0.340. The summed E-state index contributed by atoms with van der Waals surface area (Å²) in [7, 11) is 2.29. The van der Waals surface area contributed by atoms with Gasteiger partial charge in [-0.25, -0.2) is 0 Å². The quantitative estimate of drug-likeness (QED) is 0.555. The molecule has 1 unspecified atom stereocenters. The van der Waals surface area contributed by atoms with Gasteiger partial charge in [-0.1, -0.05) is 56.3 Å². The van der Waals surface area contributed by atoms with Gasteiger partial charge in [0.2, 0.25) is 5.91 Å². The number of thiophene rings is 1. The van der Waals surface area contributed by atoms with Gasteiger partial charge in [0.05, 0.1) is 30.6 Å². The Morgan fingerprint density at radius 3 is 2.55 bits per heavy atom. The first kappa shape index (κ1) is 21.7. The van der Waals surface area contributed by atoms with Crippen LogP contribution >= 0.6 is 11.3 Å². The van der Waals surface area contributed by atoms with Gasteiger partial charge in [-0.05, 0) is 21.9 Å². The largest absolute Gasteiger partial charge is 0.366 e. The zero-order chi connectivity index (χ0) is 22.2. The zero-order valence-electron chi connectivity index (χ0n) is 18.6. The first-order valence-electron chi connectivity index (χ1n) is 11.0. The van der Waals surface area contributed by atoms with Gasteiger partial charge in [-0.2, -0.15) is 0 Å². The van der Waals surface area contributed by atoms with Crippen LogP contribution in [0, 0.1) is 5.92 Å². The number of carbonyl (C=O) groups is 2. The number of quaternary nitrogens is 1. The van der Waals surface area contributed by atoms with E-state index in [1.54, 1.807) is 11.3 Å². The Hall–Kier alpha value is -2.50. The van der Waals surface area contributed by atoms with E-state index in [0.29, 0.717) is 17.9 Å². The second-order valence-corrected chi connectivity index (χ2v) is 10.8. The Balaban J connectivity index is 1.55. The van der Waals surface area contributed by atoms with Crippen molar-refractivity contribution in [3.05, 3.63) is 68.9 Å². The third-order valence-corrected chi connectivity index (χ3v) is 7.43. The van der Waals surface area contributed by atoms with Gasteiger partial charge in [-0.3, -0.25) is 9.59 Å². The summed E-state index contributed by atoms with van der Waals surface area (Å²) in [6, 6.07) is 14.3. The summed E-state index contributed by atoms with van der Waals surface area (Å²) in [5, 5.41) is 2.31. The molecule has 162 valence electrons. The van der Waals surface area contributed by atoms with Crippen LogP contribution < -0.4 is 5.73 Å². The lowest BCUT2D eigenvalue weighted by molar-refractivity contribution is -0.926. The number of nitrogens with two attached hydrogens (primary N) is 1. The molecular formula is C26H31N2O2S+. The smallest absolute Gasteiger partial charge is 0.250 e. The molecule has 2 N–H and O–H groups in total. The molecule has 0 saturated heterocycles. The summed E-state index contributed by atoms with van der Waals surface area (Å²) in [4.78, 5) is 27.3. The predicted molar refractivity (Wildman–Crippen MR) is 127 cm³/mol. The molecule has 1 amide bonds. The average Bonchev–Trinajstić information content (AvgIpc) is 3.03. The van der Waals surface area contributed by atoms with Crippen molar-refractivity contribution in [2.24, 2.45) is 11.7 Å². The molecule has 3 aromatic rings. The first-order valence-corrected chi connectivity index (χ1v) is 11.8. The Kier molecular flexibility index (Phi) is 6.00. The third-order valence-electron chi connectivity index (χ3n) is 6.22. The fourth-order valence-electron chi connectivity index (χ4n) is 5.03. The lowest BCUT2D eigenvalue weighted by Crippen LogP contribution is -2.49. The summed E-state index contributed by atoms with van der Waals surface area (Å²) in [5.41, 5.74) is 8.48. The minimum Gasteiger partial charge on any atom is -0.366 e. The van der Waals surface area contributed by atoms with Gasteiger partial charge in [-0.15, -0.1) is 11.3 Å². The van der Waals surface area contributed by atoms with Gasteiger partial charge >= 0.3 is 0 Å². The number of carbonyl (C=O) groups excluding carboxylic acids is 2. The number of rotatable bonds is 7. The minimum atomic E-state index is -0.397. The lowest BCUT2D eigenvalue weighted by atomic mass is 9.96. The van der Waals surface area contributed by atoms with Crippen LogP contribution in [-0.2, 0) is 30.6 Å². The van der Waals surface area contributed by atoms with Gasteiger partial charge < -0.3 is 10.2 Å². The van der Waals surface area contributed by atoms with Crippen LogP contribution in [-0.4, -0.2) is 36.3 Å². The van der Waals surface area contributed by atoms with Gasteiger partial charge in [0.25, 0.3) is 0 Å². The molecule has 0 spiro atoms. The highest BCUT2D eigenvalue weighted by molar-refractivity contribution is 7.12. The van der Waals surface area contributed by atoms with E-state index in [1.807, 2.05) is 18.2 Å². The van der Waals surface area contributed by atoms with E-state index in [2.05, 4.69) is 45.2 Å². The molecule has 2 aromatic carbocycles. The van der Waals surface area contributed by atoms with E-state index < -0.39 is 5.91 Å². The van der Waals surface area contributed by atoms with Gasteiger partial charge in [0.15, 0.2) is 0 Å². The fraction of sp³-hybridized carbons (Fsp3) is 0.385. The van der Waals surface area contributed by atoms with Crippen molar-refractivity contribution in [1.29, 1.82) is 0 Å². The van der Waals surface area contributed by atoms with Crippen molar-refractivity contribution in [1.82, 2.24) is 0 Å². The predicted octanol–water partition coefficient (Wildman–Crippen LogP) is 4.51. The molecule has 4 nitrogen and oxygen atoms in total. The molecule has 0 radical (unpaired) electrons. The molecule has 0 bridgehead atoms. The van der Waals surface area contributed by atoms with Crippen LogP contribution in [0.4, 0.5) is 0 Å². The van der Waals surface area contributed by atoms with E-state index in [0.717, 1.165) is 51.9 Å². The fourth-order valence-corrected chi connectivity index (χ4v) is 6.59. The Bertz CT molecular complexity index is 1150. The number of nitrogens with zero attached hydrogens (tertiary/aromatic N) is 1. The molecule has 1 aromatic heterocycles. The number of ketones is 1. The van der Waals surface area contributed by atoms with Crippen LogP contribution in [0.1, 0.15) is 45.1 Å². The number of likely N-dealkylation sites (N-methyl/N-ethyl adjacent to an activating group) is 1. The van der Waals surface area contributed by atoms with Crippen LogP contribution in [0.5, 0.6) is 0 Å². The Morgan fingerprint density at radius 1 is 1.10 bits per heavy atom. The van der Waals surface area contributed by atoms with Crippen molar-refractivity contribution in [3.8, 4) is 0 Å². The first-order chi connectivity index (χ1) is 14.7. The standard InChI is InChI=1S/C26H30N2O2S/c1-17(2)15-28(3)11-10-22-24(16-28)31-23(25(22)26(27)30)14-21(29)13-18-8-9-19-6-4-5-7-20(19)12-18/h4-9,12,17H,10-11,13-16H2,1-3H3,(H-,27,30)/p+1. The number of hydrogen-bond acceptors (Lipinski definition) is 3. The minimum absolute atomic E-state index is 0.121. The number of benzene rings is 2. The van der Waals surface area contributed by atoms with E-state index in [1.165, 1.54) is 10.3 Å². The van der Waals surface area contributed by atoms with Crippen molar-refractivity contribution in [3.63, 3.8) is 0 Å².